The normalized spacial score (nSPS) is 15.7. The molecule has 1 aliphatic heterocycles. The molecule has 3 aromatic carbocycles. The molecule has 0 unspecified atom stereocenters. The molecule has 140 valence electrons. The van der Waals surface area contributed by atoms with Gasteiger partial charge in [-0.2, -0.15) is 0 Å². The summed E-state index contributed by atoms with van der Waals surface area (Å²) in [6.07, 6.45) is -0.678. The van der Waals surface area contributed by atoms with Crippen molar-refractivity contribution in [2.45, 2.75) is 19.6 Å². The van der Waals surface area contributed by atoms with Crippen LogP contribution in [0, 0.1) is 0 Å². The number of carbonyl (C=O) groups excluding carboxylic acids is 1. The van der Waals surface area contributed by atoms with Gasteiger partial charge in [-0.3, -0.25) is 4.79 Å². The van der Waals surface area contributed by atoms with Gasteiger partial charge >= 0.3 is 0 Å². The first-order chi connectivity index (χ1) is 13.7. The molecule has 28 heavy (non-hydrogen) atoms. The van der Waals surface area contributed by atoms with Crippen molar-refractivity contribution in [1.82, 2.24) is 4.57 Å². The molecule has 5 nitrogen and oxygen atoms in total. The number of carbonyl (C=O) groups is 1. The minimum absolute atomic E-state index is 0.195. The molecule has 0 aliphatic carbocycles. The average molecular weight is 372 g/mol. The quantitative estimate of drug-likeness (QED) is 0.572. The van der Waals surface area contributed by atoms with E-state index in [1.54, 1.807) is 6.07 Å². The Morgan fingerprint density at radius 1 is 1.00 bits per heavy atom. The number of benzene rings is 3. The third-order valence-corrected chi connectivity index (χ3v) is 5.16. The molecule has 4 aromatic rings. The van der Waals surface area contributed by atoms with Crippen molar-refractivity contribution < 1.29 is 14.3 Å². The zero-order valence-electron chi connectivity index (χ0n) is 15.5. The highest BCUT2D eigenvalue weighted by atomic mass is 16.6. The molecule has 0 bridgehead atoms. The van der Waals surface area contributed by atoms with Crippen LogP contribution in [0.2, 0.25) is 0 Å². The number of hydrogen-bond acceptors (Lipinski definition) is 3. The summed E-state index contributed by atoms with van der Waals surface area (Å²) >= 11 is 0. The van der Waals surface area contributed by atoms with Gasteiger partial charge in [-0.15, -0.1) is 0 Å². The number of nitrogens with zero attached hydrogens (tertiary/aromatic N) is 1. The number of hydrogen-bond donors (Lipinski definition) is 1. The highest BCUT2D eigenvalue weighted by molar-refractivity contribution is 6.10. The van der Waals surface area contributed by atoms with Crippen molar-refractivity contribution in [3.05, 3.63) is 66.7 Å². The van der Waals surface area contributed by atoms with Crippen molar-refractivity contribution in [3.8, 4) is 11.5 Å². The summed E-state index contributed by atoms with van der Waals surface area (Å²) in [5.41, 5.74) is 3.11. The molecule has 1 aliphatic rings. The fraction of sp³-hybridized carbons (Fsp3) is 0.174. The van der Waals surface area contributed by atoms with E-state index in [0.717, 1.165) is 23.1 Å². The Balaban J connectivity index is 1.44. The van der Waals surface area contributed by atoms with E-state index in [2.05, 4.69) is 35.0 Å². The van der Waals surface area contributed by atoms with E-state index >= 15 is 0 Å². The van der Waals surface area contributed by atoms with E-state index in [4.69, 9.17) is 9.47 Å². The number of ether oxygens (including phenoxy) is 2. The summed E-state index contributed by atoms with van der Waals surface area (Å²) in [6.45, 7) is 3.22. The summed E-state index contributed by atoms with van der Waals surface area (Å²) in [5, 5.41) is 5.28. The van der Waals surface area contributed by atoms with E-state index in [1.165, 1.54) is 10.9 Å². The number of rotatable bonds is 3. The zero-order chi connectivity index (χ0) is 19.1. The maximum atomic E-state index is 12.7. The Hall–Kier alpha value is -3.47. The predicted octanol–water partition coefficient (Wildman–Crippen LogP) is 4.59. The van der Waals surface area contributed by atoms with Crippen LogP contribution >= 0.6 is 0 Å². The molecule has 1 aromatic heterocycles. The lowest BCUT2D eigenvalue weighted by Crippen LogP contribution is -2.40. The predicted molar refractivity (Wildman–Crippen MR) is 110 cm³/mol. The molecule has 2 heterocycles. The van der Waals surface area contributed by atoms with Crippen molar-refractivity contribution >= 4 is 33.4 Å². The smallest absolute Gasteiger partial charge is 0.269 e. The first-order valence-electron chi connectivity index (χ1n) is 9.45. The number of aromatic nitrogens is 1. The first-order valence-corrected chi connectivity index (χ1v) is 9.45. The van der Waals surface area contributed by atoms with Crippen molar-refractivity contribution in [3.63, 3.8) is 0 Å². The van der Waals surface area contributed by atoms with Crippen LogP contribution in [0.15, 0.2) is 66.7 Å². The minimum Gasteiger partial charge on any atom is -0.485 e. The van der Waals surface area contributed by atoms with Gasteiger partial charge in [-0.05, 0) is 43.3 Å². The van der Waals surface area contributed by atoms with Gasteiger partial charge in [0.15, 0.2) is 11.5 Å². The molecule has 5 heteroatoms. The molecule has 0 spiro atoms. The number of amides is 1. The first kappa shape index (κ1) is 16.7. The van der Waals surface area contributed by atoms with Gasteiger partial charge < -0.3 is 19.4 Å². The Morgan fingerprint density at radius 3 is 2.61 bits per heavy atom. The van der Waals surface area contributed by atoms with Gasteiger partial charge in [0.2, 0.25) is 6.10 Å². The lowest BCUT2D eigenvalue weighted by Gasteiger charge is -2.25. The zero-order valence-corrected chi connectivity index (χ0v) is 15.5. The fourth-order valence-electron chi connectivity index (χ4n) is 3.84. The lowest BCUT2D eigenvalue weighted by atomic mass is 10.1. The minimum atomic E-state index is -0.678. The Kier molecular flexibility index (Phi) is 3.93. The maximum Gasteiger partial charge on any atom is 0.269 e. The fourth-order valence-corrected chi connectivity index (χ4v) is 3.84. The third kappa shape index (κ3) is 2.67. The lowest BCUT2D eigenvalue weighted by molar-refractivity contribution is -0.125. The Labute approximate surface area is 162 Å². The van der Waals surface area contributed by atoms with Gasteiger partial charge in [0.25, 0.3) is 5.91 Å². The van der Waals surface area contributed by atoms with Crippen LogP contribution < -0.4 is 14.8 Å². The molecular weight excluding hydrogens is 352 g/mol. The Bertz CT molecular complexity index is 1200. The van der Waals surface area contributed by atoms with E-state index in [-0.39, 0.29) is 12.5 Å². The molecule has 1 amide bonds. The largest absolute Gasteiger partial charge is 0.485 e. The second-order valence-electron chi connectivity index (χ2n) is 6.85. The second-order valence-corrected chi connectivity index (χ2v) is 6.85. The molecule has 0 fully saturated rings. The number of aryl methyl sites for hydroxylation is 1. The van der Waals surface area contributed by atoms with Crippen molar-refractivity contribution in [2.75, 3.05) is 11.9 Å². The van der Waals surface area contributed by atoms with E-state index in [9.17, 15) is 4.79 Å². The van der Waals surface area contributed by atoms with Crippen LogP contribution in [-0.2, 0) is 11.3 Å². The van der Waals surface area contributed by atoms with Gasteiger partial charge in [0.1, 0.15) is 6.61 Å². The van der Waals surface area contributed by atoms with Crippen LogP contribution in [0.1, 0.15) is 6.92 Å². The van der Waals surface area contributed by atoms with Crippen molar-refractivity contribution in [2.24, 2.45) is 0 Å². The maximum absolute atomic E-state index is 12.7. The number of fused-ring (bicyclic) bond motifs is 4. The number of para-hydroxylation sites is 3. The van der Waals surface area contributed by atoms with Crippen LogP contribution in [0.5, 0.6) is 11.5 Å². The highest BCUT2D eigenvalue weighted by Gasteiger charge is 2.27. The summed E-state index contributed by atoms with van der Waals surface area (Å²) in [7, 11) is 0. The van der Waals surface area contributed by atoms with Crippen LogP contribution in [0.25, 0.3) is 21.8 Å². The van der Waals surface area contributed by atoms with E-state index < -0.39 is 6.10 Å². The van der Waals surface area contributed by atoms with Gasteiger partial charge in [-0.1, -0.05) is 30.3 Å². The van der Waals surface area contributed by atoms with E-state index in [0.29, 0.717) is 11.5 Å². The molecule has 1 N–H and O–H groups in total. The van der Waals surface area contributed by atoms with Gasteiger partial charge in [0.05, 0.1) is 0 Å². The van der Waals surface area contributed by atoms with Crippen LogP contribution in [0.4, 0.5) is 5.69 Å². The molecule has 0 saturated heterocycles. The molecular formula is C23H20N2O3. The molecule has 0 radical (unpaired) electrons. The Morgan fingerprint density at radius 2 is 1.75 bits per heavy atom. The topological polar surface area (TPSA) is 52.5 Å². The van der Waals surface area contributed by atoms with Crippen LogP contribution in [0.3, 0.4) is 0 Å². The number of nitrogens with one attached hydrogen (secondary N) is 1. The average Bonchev–Trinajstić information content (AvgIpc) is 3.06. The summed E-state index contributed by atoms with van der Waals surface area (Å²) < 4.78 is 13.7. The molecule has 0 saturated carbocycles. The van der Waals surface area contributed by atoms with E-state index in [1.807, 2.05) is 42.5 Å². The third-order valence-electron chi connectivity index (χ3n) is 5.16. The summed E-state index contributed by atoms with van der Waals surface area (Å²) in [5.74, 6) is 1.05. The molecule has 5 rings (SSSR count). The monoisotopic (exact) mass is 372 g/mol. The van der Waals surface area contributed by atoms with Gasteiger partial charge in [-0.25, -0.2) is 0 Å². The highest BCUT2D eigenvalue weighted by Crippen LogP contribution is 2.33. The standard InChI is InChI=1S/C23H20N2O3/c1-2-25-18-8-4-3-7-16(18)17-13-15(11-12-19(17)25)24-23(26)22-14-27-20-9-5-6-10-21(20)28-22/h3-13,22H,2,14H2,1H3,(H,24,26)/t22-/m0/s1. The summed E-state index contributed by atoms with van der Waals surface area (Å²) in [4.78, 5) is 12.7. The molecule has 1 atom stereocenters. The SMILES string of the molecule is CCn1c2ccccc2c2cc(NC(=O)[C@@H]3COc4ccccc4O3)ccc21. The van der Waals surface area contributed by atoms with Gasteiger partial charge in [0, 0.05) is 34.0 Å². The summed E-state index contributed by atoms with van der Waals surface area (Å²) in [6, 6.07) is 21.7. The van der Waals surface area contributed by atoms with Crippen LogP contribution in [-0.4, -0.2) is 23.2 Å². The second kappa shape index (κ2) is 6.60. The number of anilines is 1. The van der Waals surface area contributed by atoms with Crippen molar-refractivity contribution in [1.29, 1.82) is 0 Å².